The van der Waals surface area contributed by atoms with Crippen molar-refractivity contribution in [3.8, 4) is 11.4 Å². The molecule has 0 N–H and O–H groups in total. The fraction of sp³-hybridized carbons (Fsp3) is 0.333. The lowest BCUT2D eigenvalue weighted by Gasteiger charge is -2.27. The van der Waals surface area contributed by atoms with Crippen molar-refractivity contribution in [2.45, 2.75) is 44.6 Å². The molecule has 0 bridgehead atoms. The van der Waals surface area contributed by atoms with Crippen molar-refractivity contribution < 1.29 is 12.8 Å². The Labute approximate surface area is 181 Å². The van der Waals surface area contributed by atoms with Crippen molar-refractivity contribution in [1.82, 2.24) is 14.8 Å². The number of nitrogens with zero attached hydrogens (tertiary/aromatic N) is 4. The topological polar surface area (TPSA) is 68.1 Å². The molecule has 0 aliphatic carbocycles. The minimum atomic E-state index is -3.94. The summed E-state index contributed by atoms with van der Waals surface area (Å²) in [5, 5.41) is 8.02. The highest BCUT2D eigenvalue weighted by molar-refractivity contribution is 7.92. The highest BCUT2D eigenvalue weighted by Crippen LogP contribution is 2.37. The molecule has 3 aromatic rings. The largest absolute Gasteiger partial charge is 0.311 e. The molecule has 160 valence electrons. The predicted octanol–water partition coefficient (Wildman–Crippen LogP) is 5.31. The summed E-state index contributed by atoms with van der Waals surface area (Å²) in [6.45, 7) is 6.06. The summed E-state index contributed by atoms with van der Waals surface area (Å²) in [6, 6.07) is 10.7. The van der Waals surface area contributed by atoms with Crippen LogP contribution < -0.4 is 4.31 Å². The zero-order chi connectivity index (χ0) is 21.9. The van der Waals surface area contributed by atoms with Crippen molar-refractivity contribution in [2.24, 2.45) is 0 Å². The molecule has 0 amide bonds. The SMILES string of the molecule is CCCCN(c1cc(F)c(Cl)cc1-c1nncn1C(C)C)S(=O)(=O)c1ccccc1. The van der Waals surface area contributed by atoms with E-state index in [1.54, 1.807) is 29.1 Å². The number of unbranched alkanes of at least 4 members (excludes halogenated alkanes) is 1. The van der Waals surface area contributed by atoms with Crippen LogP contribution in [-0.4, -0.2) is 29.7 Å². The number of halogens is 2. The molecule has 6 nitrogen and oxygen atoms in total. The standard InChI is InChI=1S/C21H24ClFN4O2S/c1-4-5-11-27(30(28,29)16-9-7-6-8-10-16)20-13-19(23)18(22)12-17(20)21-25-24-14-26(21)15(2)3/h6-10,12-15H,4-5,11H2,1-3H3. The Bertz CT molecular complexity index is 1120. The number of sulfonamides is 1. The lowest BCUT2D eigenvalue weighted by Crippen LogP contribution is -2.32. The second kappa shape index (κ2) is 9.14. The Morgan fingerprint density at radius 1 is 1.20 bits per heavy atom. The van der Waals surface area contributed by atoms with Gasteiger partial charge < -0.3 is 4.57 Å². The number of rotatable bonds is 8. The molecule has 0 aliphatic heterocycles. The first-order valence-corrected chi connectivity index (χ1v) is 11.6. The molecule has 1 heterocycles. The van der Waals surface area contributed by atoms with Gasteiger partial charge in [-0.1, -0.05) is 43.1 Å². The minimum absolute atomic E-state index is 0.0153. The highest BCUT2D eigenvalue weighted by Gasteiger charge is 2.29. The van der Waals surface area contributed by atoms with Gasteiger partial charge in [-0.05, 0) is 38.5 Å². The van der Waals surface area contributed by atoms with Gasteiger partial charge in [0.15, 0.2) is 5.82 Å². The summed E-state index contributed by atoms with van der Waals surface area (Å²) in [4.78, 5) is 0.132. The van der Waals surface area contributed by atoms with Crippen LogP contribution >= 0.6 is 11.6 Å². The van der Waals surface area contributed by atoms with E-state index < -0.39 is 15.8 Å². The molecule has 0 saturated heterocycles. The smallest absolute Gasteiger partial charge is 0.264 e. The van der Waals surface area contributed by atoms with Gasteiger partial charge in [-0.25, -0.2) is 12.8 Å². The van der Waals surface area contributed by atoms with E-state index in [1.807, 2.05) is 20.8 Å². The number of anilines is 1. The molecule has 0 radical (unpaired) electrons. The number of hydrogen-bond donors (Lipinski definition) is 0. The van der Waals surface area contributed by atoms with Crippen LogP contribution in [0.3, 0.4) is 0 Å². The maximum atomic E-state index is 14.5. The third-order valence-electron chi connectivity index (χ3n) is 4.72. The summed E-state index contributed by atoms with van der Waals surface area (Å²) in [5.74, 6) is -0.276. The highest BCUT2D eigenvalue weighted by atomic mass is 35.5. The average molecular weight is 451 g/mol. The molecular formula is C21H24ClFN4O2S. The Kier molecular flexibility index (Phi) is 6.77. The molecule has 0 spiro atoms. The van der Waals surface area contributed by atoms with Crippen LogP contribution in [-0.2, 0) is 10.0 Å². The number of hydrogen-bond acceptors (Lipinski definition) is 4. The van der Waals surface area contributed by atoms with Gasteiger partial charge in [-0.15, -0.1) is 10.2 Å². The molecule has 0 unspecified atom stereocenters. The van der Waals surface area contributed by atoms with Crippen LogP contribution in [0.25, 0.3) is 11.4 Å². The van der Waals surface area contributed by atoms with Crippen molar-refractivity contribution >= 4 is 27.3 Å². The van der Waals surface area contributed by atoms with E-state index in [0.29, 0.717) is 17.8 Å². The van der Waals surface area contributed by atoms with E-state index in [-0.39, 0.29) is 28.2 Å². The minimum Gasteiger partial charge on any atom is -0.311 e. The number of benzene rings is 2. The summed E-state index contributed by atoms with van der Waals surface area (Å²) in [5.41, 5.74) is 0.590. The second-order valence-corrected chi connectivity index (χ2v) is 9.45. The first kappa shape index (κ1) is 22.2. The zero-order valence-electron chi connectivity index (χ0n) is 17.1. The Morgan fingerprint density at radius 3 is 2.53 bits per heavy atom. The molecule has 9 heteroatoms. The van der Waals surface area contributed by atoms with Gasteiger partial charge in [-0.3, -0.25) is 4.31 Å². The third-order valence-corrected chi connectivity index (χ3v) is 6.84. The van der Waals surface area contributed by atoms with Gasteiger partial charge in [0.25, 0.3) is 10.0 Å². The van der Waals surface area contributed by atoms with Crippen LogP contribution in [0.4, 0.5) is 10.1 Å². The Hall–Kier alpha value is -2.45. The summed E-state index contributed by atoms with van der Waals surface area (Å²) in [7, 11) is -3.94. The van der Waals surface area contributed by atoms with Gasteiger partial charge in [0.05, 0.1) is 15.6 Å². The molecular weight excluding hydrogens is 427 g/mol. The number of aromatic nitrogens is 3. The fourth-order valence-corrected chi connectivity index (χ4v) is 4.83. The van der Waals surface area contributed by atoms with E-state index in [0.717, 1.165) is 12.5 Å². The van der Waals surface area contributed by atoms with E-state index >= 15 is 0 Å². The molecule has 0 saturated carbocycles. The average Bonchev–Trinajstić information content (AvgIpc) is 3.21. The van der Waals surface area contributed by atoms with Crippen molar-refractivity contribution in [1.29, 1.82) is 0 Å². The van der Waals surface area contributed by atoms with Gasteiger partial charge in [0, 0.05) is 24.2 Å². The molecule has 0 atom stereocenters. The Balaban J connectivity index is 2.26. The summed E-state index contributed by atoms with van der Waals surface area (Å²) in [6.07, 6.45) is 2.93. The molecule has 30 heavy (non-hydrogen) atoms. The third kappa shape index (κ3) is 4.34. The van der Waals surface area contributed by atoms with Crippen LogP contribution in [0, 0.1) is 5.82 Å². The van der Waals surface area contributed by atoms with Gasteiger partial charge in [0.2, 0.25) is 0 Å². The normalized spacial score (nSPS) is 11.8. The van der Waals surface area contributed by atoms with Crippen LogP contribution in [0.2, 0.25) is 5.02 Å². The van der Waals surface area contributed by atoms with Crippen molar-refractivity contribution in [2.75, 3.05) is 10.8 Å². The van der Waals surface area contributed by atoms with E-state index in [1.165, 1.54) is 22.5 Å². The molecule has 1 aromatic heterocycles. The van der Waals surface area contributed by atoms with Gasteiger partial charge in [0.1, 0.15) is 12.1 Å². The van der Waals surface area contributed by atoms with Crippen molar-refractivity contribution in [3.63, 3.8) is 0 Å². The summed E-state index contributed by atoms with van der Waals surface area (Å²) >= 11 is 6.07. The van der Waals surface area contributed by atoms with E-state index in [9.17, 15) is 12.8 Å². The quantitative estimate of drug-likeness (QED) is 0.466. The maximum Gasteiger partial charge on any atom is 0.264 e. The van der Waals surface area contributed by atoms with Crippen molar-refractivity contribution in [3.05, 3.63) is 59.6 Å². The summed E-state index contributed by atoms with van der Waals surface area (Å²) < 4.78 is 44.6. The Morgan fingerprint density at radius 2 is 1.90 bits per heavy atom. The van der Waals surface area contributed by atoms with E-state index in [2.05, 4.69) is 10.2 Å². The van der Waals surface area contributed by atoms with Crippen LogP contribution in [0.1, 0.15) is 39.7 Å². The van der Waals surface area contributed by atoms with E-state index in [4.69, 9.17) is 11.6 Å². The first-order chi connectivity index (χ1) is 14.3. The monoisotopic (exact) mass is 450 g/mol. The zero-order valence-corrected chi connectivity index (χ0v) is 18.7. The van der Waals surface area contributed by atoms with Crippen LogP contribution in [0.5, 0.6) is 0 Å². The maximum absolute atomic E-state index is 14.5. The molecule has 3 rings (SSSR count). The van der Waals surface area contributed by atoms with Gasteiger partial charge >= 0.3 is 0 Å². The predicted molar refractivity (Wildman–Crippen MR) is 117 cm³/mol. The molecule has 2 aromatic carbocycles. The van der Waals surface area contributed by atoms with Gasteiger partial charge in [-0.2, -0.15) is 0 Å². The van der Waals surface area contributed by atoms with Crippen LogP contribution in [0.15, 0.2) is 53.7 Å². The molecule has 0 fully saturated rings. The fourth-order valence-electron chi connectivity index (χ4n) is 3.13. The second-order valence-electron chi connectivity index (χ2n) is 7.18. The first-order valence-electron chi connectivity index (χ1n) is 9.74. The lowest BCUT2D eigenvalue weighted by molar-refractivity contribution is 0.588. The molecule has 0 aliphatic rings. The lowest BCUT2D eigenvalue weighted by atomic mass is 10.1.